The van der Waals surface area contributed by atoms with Gasteiger partial charge in [-0.25, -0.2) is 0 Å². The molecule has 0 aliphatic rings. The van der Waals surface area contributed by atoms with Gasteiger partial charge in [-0.2, -0.15) is 0 Å². The Labute approximate surface area is 135 Å². The lowest BCUT2D eigenvalue weighted by atomic mass is 10.2. The SMILES string of the molecule is O=C(Cc1ccccn1)Nc1ccc(Nc2ccccc2)cc1. The number of amides is 1. The number of anilines is 3. The number of nitrogens with zero attached hydrogens (tertiary/aromatic N) is 1. The summed E-state index contributed by atoms with van der Waals surface area (Å²) in [6.45, 7) is 0. The fourth-order valence-electron chi connectivity index (χ4n) is 2.20. The highest BCUT2D eigenvalue weighted by molar-refractivity contribution is 5.92. The van der Waals surface area contributed by atoms with Gasteiger partial charge in [-0.15, -0.1) is 0 Å². The van der Waals surface area contributed by atoms with Gasteiger partial charge in [0, 0.05) is 29.0 Å². The van der Waals surface area contributed by atoms with Crippen molar-refractivity contribution >= 4 is 23.0 Å². The summed E-state index contributed by atoms with van der Waals surface area (Å²) in [4.78, 5) is 16.1. The van der Waals surface area contributed by atoms with Crippen molar-refractivity contribution in [2.75, 3.05) is 10.6 Å². The molecule has 0 aliphatic carbocycles. The summed E-state index contributed by atoms with van der Waals surface area (Å²) in [5.74, 6) is -0.0764. The number of pyridine rings is 1. The van der Waals surface area contributed by atoms with Crippen molar-refractivity contribution in [3.63, 3.8) is 0 Å². The molecule has 4 nitrogen and oxygen atoms in total. The molecule has 0 unspecified atom stereocenters. The van der Waals surface area contributed by atoms with E-state index in [0.29, 0.717) is 0 Å². The number of hydrogen-bond acceptors (Lipinski definition) is 3. The molecule has 0 spiro atoms. The van der Waals surface area contributed by atoms with Crippen LogP contribution >= 0.6 is 0 Å². The number of carbonyl (C=O) groups is 1. The molecule has 0 radical (unpaired) electrons. The van der Waals surface area contributed by atoms with Crippen LogP contribution in [0, 0.1) is 0 Å². The largest absolute Gasteiger partial charge is 0.356 e. The summed E-state index contributed by atoms with van der Waals surface area (Å²) >= 11 is 0. The Balaban J connectivity index is 1.58. The molecule has 0 atom stereocenters. The van der Waals surface area contributed by atoms with Crippen LogP contribution in [-0.4, -0.2) is 10.9 Å². The minimum absolute atomic E-state index is 0.0764. The van der Waals surface area contributed by atoms with Gasteiger partial charge in [-0.05, 0) is 48.5 Å². The highest BCUT2D eigenvalue weighted by Gasteiger charge is 2.04. The molecule has 0 saturated carbocycles. The molecular formula is C19H17N3O. The number of carbonyl (C=O) groups excluding carboxylic acids is 1. The van der Waals surface area contributed by atoms with E-state index in [9.17, 15) is 4.79 Å². The zero-order valence-corrected chi connectivity index (χ0v) is 12.6. The van der Waals surface area contributed by atoms with E-state index in [1.165, 1.54) is 0 Å². The molecule has 0 fully saturated rings. The summed E-state index contributed by atoms with van der Waals surface area (Å²) in [5.41, 5.74) is 3.52. The van der Waals surface area contributed by atoms with Gasteiger partial charge in [0.1, 0.15) is 0 Å². The first kappa shape index (κ1) is 14.8. The van der Waals surface area contributed by atoms with Crippen LogP contribution in [0.4, 0.5) is 17.1 Å². The van der Waals surface area contributed by atoms with Crippen LogP contribution in [-0.2, 0) is 11.2 Å². The van der Waals surface area contributed by atoms with Crippen LogP contribution in [0.2, 0.25) is 0 Å². The third-order valence-electron chi connectivity index (χ3n) is 3.30. The first-order valence-corrected chi connectivity index (χ1v) is 7.41. The number of para-hydroxylation sites is 1. The van der Waals surface area contributed by atoms with E-state index >= 15 is 0 Å². The van der Waals surface area contributed by atoms with Gasteiger partial charge in [0.05, 0.1) is 6.42 Å². The first-order chi connectivity index (χ1) is 11.3. The predicted octanol–water partition coefficient (Wildman–Crippen LogP) is 4.01. The van der Waals surface area contributed by atoms with E-state index in [1.807, 2.05) is 72.8 Å². The lowest BCUT2D eigenvalue weighted by molar-refractivity contribution is -0.115. The molecule has 4 heteroatoms. The smallest absolute Gasteiger partial charge is 0.230 e. The lowest BCUT2D eigenvalue weighted by Gasteiger charge is -2.08. The van der Waals surface area contributed by atoms with E-state index in [0.717, 1.165) is 22.8 Å². The highest BCUT2D eigenvalue weighted by Crippen LogP contribution is 2.18. The molecule has 0 saturated heterocycles. The predicted molar refractivity (Wildman–Crippen MR) is 92.7 cm³/mol. The maximum Gasteiger partial charge on any atom is 0.230 e. The van der Waals surface area contributed by atoms with Crippen LogP contribution < -0.4 is 10.6 Å². The molecule has 0 aliphatic heterocycles. The average molecular weight is 303 g/mol. The Hall–Kier alpha value is -3.14. The third-order valence-corrected chi connectivity index (χ3v) is 3.30. The molecule has 3 rings (SSSR count). The van der Waals surface area contributed by atoms with Crippen molar-refractivity contribution in [2.45, 2.75) is 6.42 Å². The average Bonchev–Trinajstić information content (AvgIpc) is 2.58. The van der Waals surface area contributed by atoms with Crippen molar-refractivity contribution in [3.05, 3.63) is 84.7 Å². The van der Waals surface area contributed by atoms with Crippen molar-refractivity contribution < 1.29 is 4.79 Å². The van der Waals surface area contributed by atoms with Gasteiger partial charge in [0.25, 0.3) is 0 Å². The summed E-state index contributed by atoms with van der Waals surface area (Å²) in [5, 5.41) is 6.18. The maximum atomic E-state index is 12.0. The zero-order chi connectivity index (χ0) is 15.9. The fraction of sp³-hybridized carbons (Fsp3) is 0.0526. The molecule has 2 N–H and O–H groups in total. The Morgan fingerprint density at radius 1 is 0.783 bits per heavy atom. The second kappa shape index (κ2) is 7.22. The minimum atomic E-state index is -0.0764. The number of rotatable bonds is 5. The molecule has 0 bridgehead atoms. The quantitative estimate of drug-likeness (QED) is 0.749. The van der Waals surface area contributed by atoms with Gasteiger partial charge in [0.15, 0.2) is 0 Å². The second-order valence-corrected chi connectivity index (χ2v) is 5.11. The number of aromatic nitrogens is 1. The van der Waals surface area contributed by atoms with E-state index in [1.54, 1.807) is 6.20 Å². The van der Waals surface area contributed by atoms with Crippen LogP contribution in [0.5, 0.6) is 0 Å². The van der Waals surface area contributed by atoms with Crippen molar-refractivity contribution in [1.29, 1.82) is 0 Å². The second-order valence-electron chi connectivity index (χ2n) is 5.11. The summed E-state index contributed by atoms with van der Waals surface area (Å²) in [7, 11) is 0. The van der Waals surface area contributed by atoms with Gasteiger partial charge in [-0.3, -0.25) is 9.78 Å². The van der Waals surface area contributed by atoms with Crippen LogP contribution in [0.15, 0.2) is 79.0 Å². The Bertz CT molecular complexity index is 756. The van der Waals surface area contributed by atoms with Gasteiger partial charge >= 0.3 is 0 Å². The van der Waals surface area contributed by atoms with Crippen LogP contribution in [0.1, 0.15) is 5.69 Å². The Morgan fingerprint density at radius 3 is 2.13 bits per heavy atom. The van der Waals surface area contributed by atoms with E-state index in [2.05, 4.69) is 15.6 Å². The van der Waals surface area contributed by atoms with E-state index in [-0.39, 0.29) is 12.3 Å². The lowest BCUT2D eigenvalue weighted by Crippen LogP contribution is -2.14. The molecule has 2 aromatic carbocycles. The minimum Gasteiger partial charge on any atom is -0.356 e. The van der Waals surface area contributed by atoms with Gasteiger partial charge < -0.3 is 10.6 Å². The van der Waals surface area contributed by atoms with Crippen molar-refractivity contribution in [3.8, 4) is 0 Å². The molecular weight excluding hydrogens is 286 g/mol. The summed E-state index contributed by atoms with van der Waals surface area (Å²) in [6, 6.07) is 23.1. The van der Waals surface area contributed by atoms with Gasteiger partial charge in [-0.1, -0.05) is 24.3 Å². The molecule has 1 heterocycles. The number of hydrogen-bond donors (Lipinski definition) is 2. The molecule has 1 amide bonds. The van der Waals surface area contributed by atoms with Gasteiger partial charge in [0.2, 0.25) is 5.91 Å². The normalized spacial score (nSPS) is 10.1. The van der Waals surface area contributed by atoms with Crippen LogP contribution in [0.25, 0.3) is 0 Å². The van der Waals surface area contributed by atoms with Crippen molar-refractivity contribution in [2.24, 2.45) is 0 Å². The third kappa shape index (κ3) is 4.41. The molecule has 3 aromatic rings. The summed E-state index contributed by atoms with van der Waals surface area (Å²) in [6.07, 6.45) is 1.96. The van der Waals surface area contributed by atoms with Crippen LogP contribution in [0.3, 0.4) is 0 Å². The number of benzene rings is 2. The maximum absolute atomic E-state index is 12.0. The highest BCUT2D eigenvalue weighted by atomic mass is 16.1. The Kier molecular flexibility index (Phi) is 4.64. The topological polar surface area (TPSA) is 54.0 Å². The standard InChI is InChI=1S/C19H17N3O/c23-19(14-18-8-4-5-13-20-18)22-17-11-9-16(10-12-17)21-15-6-2-1-3-7-15/h1-13,21H,14H2,(H,22,23). The Morgan fingerprint density at radius 2 is 1.43 bits per heavy atom. The number of nitrogens with one attached hydrogen (secondary N) is 2. The van der Waals surface area contributed by atoms with E-state index < -0.39 is 0 Å². The summed E-state index contributed by atoms with van der Waals surface area (Å²) < 4.78 is 0. The first-order valence-electron chi connectivity index (χ1n) is 7.41. The molecule has 114 valence electrons. The monoisotopic (exact) mass is 303 g/mol. The zero-order valence-electron chi connectivity index (χ0n) is 12.6. The molecule has 23 heavy (non-hydrogen) atoms. The molecule has 1 aromatic heterocycles. The van der Waals surface area contributed by atoms with E-state index in [4.69, 9.17) is 0 Å². The van der Waals surface area contributed by atoms with Crippen molar-refractivity contribution in [1.82, 2.24) is 4.98 Å². The fourth-order valence-corrected chi connectivity index (χ4v) is 2.20.